The molecule has 1 aliphatic carbocycles. The van der Waals surface area contributed by atoms with Crippen LogP contribution >= 0.6 is 0 Å². The average Bonchev–Trinajstić information content (AvgIpc) is 1.77. The van der Waals surface area contributed by atoms with Gasteiger partial charge in [0.1, 0.15) is 0 Å². The highest BCUT2D eigenvalue weighted by atomic mass is 14.3. The zero-order chi connectivity index (χ0) is 6.91. The van der Waals surface area contributed by atoms with E-state index in [9.17, 15) is 0 Å². The van der Waals surface area contributed by atoms with Crippen molar-refractivity contribution in [2.75, 3.05) is 0 Å². The molecule has 0 heteroatoms. The molecule has 9 heavy (non-hydrogen) atoms. The summed E-state index contributed by atoms with van der Waals surface area (Å²) in [4.78, 5) is 0. The molecule has 1 aliphatic rings. The SMILES string of the molecule is [CH2]C1(C)CCCCC1C. The normalized spacial score (nSPS) is 34.3. The van der Waals surface area contributed by atoms with Gasteiger partial charge < -0.3 is 0 Å². The van der Waals surface area contributed by atoms with Crippen molar-refractivity contribution in [3.05, 3.63) is 6.92 Å². The fourth-order valence-electron chi connectivity index (χ4n) is 1.57. The fraction of sp³-hybridized carbons (Fsp3) is 0.889. The third kappa shape index (κ3) is 1.47. The molecule has 1 fully saturated rings. The molecule has 0 N–H and O–H groups in total. The van der Waals surface area contributed by atoms with Gasteiger partial charge in [-0.2, -0.15) is 0 Å². The second-order valence-corrected chi connectivity index (χ2v) is 3.80. The number of hydrogen-bond donors (Lipinski definition) is 0. The summed E-state index contributed by atoms with van der Waals surface area (Å²) in [6.45, 7) is 8.82. The topological polar surface area (TPSA) is 0 Å². The quantitative estimate of drug-likeness (QED) is 0.467. The first kappa shape index (κ1) is 7.11. The third-order valence-corrected chi connectivity index (χ3v) is 2.82. The second-order valence-electron chi connectivity index (χ2n) is 3.80. The summed E-state index contributed by atoms with van der Waals surface area (Å²) in [5, 5.41) is 0. The summed E-state index contributed by atoms with van der Waals surface area (Å²) in [5.74, 6) is 0.839. The van der Waals surface area contributed by atoms with Crippen molar-refractivity contribution in [1.29, 1.82) is 0 Å². The van der Waals surface area contributed by atoms with E-state index >= 15 is 0 Å². The first-order valence-corrected chi connectivity index (χ1v) is 3.98. The highest BCUT2D eigenvalue weighted by Crippen LogP contribution is 2.39. The highest BCUT2D eigenvalue weighted by Gasteiger charge is 2.28. The third-order valence-electron chi connectivity index (χ3n) is 2.82. The van der Waals surface area contributed by atoms with Gasteiger partial charge in [0, 0.05) is 0 Å². The Labute approximate surface area is 58.7 Å². The smallest absolute Gasteiger partial charge is 0.0300 e. The average molecular weight is 125 g/mol. The summed E-state index contributed by atoms with van der Waals surface area (Å²) >= 11 is 0. The maximum Gasteiger partial charge on any atom is -0.0300 e. The van der Waals surface area contributed by atoms with Crippen LogP contribution in [0.1, 0.15) is 39.5 Å². The van der Waals surface area contributed by atoms with Crippen LogP contribution in [0.2, 0.25) is 0 Å². The van der Waals surface area contributed by atoms with E-state index in [0.29, 0.717) is 5.41 Å². The van der Waals surface area contributed by atoms with Crippen LogP contribution in [-0.2, 0) is 0 Å². The molecule has 0 bridgehead atoms. The van der Waals surface area contributed by atoms with Gasteiger partial charge in [-0.25, -0.2) is 0 Å². The molecular formula is C9H17. The van der Waals surface area contributed by atoms with Crippen molar-refractivity contribution in [1.82, 2.24) is 0 Å². The van der Waals surface area contributed by atoms with E-state index in [-0.39, 0.29) is 0 Å². The Morgan fingerprint density at radius 2 is 2.11 bits per heavy atom. The summed E-state index contributed by atoms with van der Waals surface area (Å²) < 4.78 is 0. The minimum Gasteiger partial charge on any atom is -0.0620 e. The van der Waals surface area contributed by atoms with Gasteiger partial charge in [-0.05, 0) is 24.7 Å². The van der Waals surface area contributed by atoms with Gasteiger partial charge in [0.2, 0.25) is 0 Å². The van der Waals surface area contributed by atoms with E-state index in [1.54, 1.807) is 0 Å². The van der Waals surface area contributed by atoms with Crippen LogP contribution in [0.3, 0.4) is 0 Å². The van der Waals surface area contributed by atoms with Crippen molar-refractivity contribution in [2.24, 2.45) is 11.3 Å². The van der Waals surface area contributed by atoms with Crippen LogP contribution in [0.25, 0.3) is 0 Å². The lowest BCUT2D eigenvalue weighted by Crippen LogP contribution is -2.25. The second kappa shape index (κ2) is 2.32. The Kier molecular flexibility index (Phi) is 1.83. The first-order valence-electron chi connectivity index (χ1n) is 3.98. The molecule has 1 rings (SSSR count). The molecule has 2 atom stereocenters. The Bertz CT molecular complexity index is 92.2. The van der Waals surface area contributed by atoms with Gasteiger partial charge in [-0.15, -0.1) is 0 Å². The van der Waals surface area contributed by atoms with Crippen LogP contribution in [0.4, 0.5) is 0 Å². The molecule has 0 aromatic carbocycles. The lowest BCUT2D eigenvalue weighted by Gasteiger charge is -2.36. The maximum atomic E-state index is 4.21. The molecule has 0 nitrogen and oxygen atoms in total. The minimum absolute atomic E-state index is 0.387. The summed E-state index contributed by atoms with van der Waals surface area (Å²) in [6.07, 6.45) is 5.53. The molecule has 0 aromatic heterocycles. The van der Waals surface area contributed by atoms with Crippen LogP contribution < -0.4 is 0 Å². The van der Waals surface area contributed by atoms with Crippen LogP contribution in [0.5, 0.6) is 0 Å². The molecule has 1 radical (unpaired) electrons. The lowest BCUT2D eigenvalue weighted by molar-refractivity contribution is 0.186. The van der Waals surface area contributed by atoms with Gasteiger partial charge in [0.25, 0.3) is 0 Å². The Hall–Kier alpha value is 0. The Balaban J connectivity index is 2.49. The van der Waals surface area contributed by atoms with Gasteiger partial charge in [-0.1, -0.05) is 33.1 Å². The molecule has 1 saturated carbocycles. The zero-order valence-electron chi connectivity index (χ0n) is 6.61. The predicted octanol–water partition coefficient (Wildman–Crippen LogP) is 3.04. The minimum atomic E-state index is 0.387. The zero-order valence-corrected chi connectivity index (χ0v) is 6.61. The molecule has 0 amide bonds. The van der Waals surface area contributed by atoms with Crippen molar-refractivity contribution in [3.8, 4) is 0 Å². The molecule has 0 heterocycles. The van der Waals surface area contributed by atoms with E-state index in [1.807, 2.05) is 0 Å². The highest BCUT2D eigenvalue weighted by molar-refractivity contribution is 4.85. The molecule has 0 aliphatic heterocycles. The molecular weight excluding hydrogens is 108 g/mol. The van der Waals surface area contributed by atoms with E-state index in [4.69, 9.17) is 0 Å². The first-order chi connectivity index (χ1) is 4.13. The van der Waals surface area contributed by atoms with Gasteiger partial charge >= 0.3 is 0 Å². The fourth-order valence-corrected chi connectivity index (χ4v) is 1.57. The molecule has 0 saturated heterocycles. The summed E-state index contributed by atoms with van der Waals surface area (Å²) in [6, 6.07) is 0. The lowest BCUT2D eigenvalue weighted by atomic mass is 9.70. The molecule has 0 aromatic rings. The van der Waals surface area contributed by atoms with Crippen LogP contribution in [-0.4, -0.2) is 0 Å². The van der Waals surface area contributed by atoms with Crippen molar-refractivity contribution < 1.29 is 0 Å². The van der Waals surface area contributed by atoms with Crippen molar-refractivity contribution in [2.45, 2.75) is 39.5 Å². The monoisotopic (exact) mass is 125 g/mol. The van der Waals surface area contributed by atoms with Crippen molar-refractivity contribution >= 4 is 0 Å². The van der Waals surface area contributed by atoms with Crippen LogP contribution in [0.15, 0.2) is 0 Å². The maximum absolute atomic E-state index is 4.21. The summed E-state index contributed by atoms with van der Waals surface area (Å²) in [7, 11) is 0. The standard InChI is InChI=1S/C9H17/c1-8-6-4-5-7-9(8,2)3/h8H,2,4-7H2,1,3H3. The Morgan fingerprint density at radius 1 is 1.44 bits per heavy atom. The molecule has 0 spiro atoms. The van der Waals surface area contributed by atoms with Crippen LogP contribution in [0, 0.1) is 18.3 Å². The Morgan fingerprint density at radius 3 is 2.44 bits per heavy atom. The van der Waals surface area contributed by atoms with Gasteiger partial charge in [0.15, 0.2) is 0 Å². The largest absolute Gasteiger partial charge is 0.0620 e. The number of hydrogen-bond acceptors (Lipinski definition) is 0. The van der Waals surface area contributed by atoms with E-state index in [0.717, 1.165) is 5.92 Å². The predicted molar refractivity (Wildman–Crippen MR) is 41.1 cm³/mol. The van der Waals surface area contributed by atoms with E-state index in [2.05, 4.69) is 20.8 Å². The molecule has 2 unspecified atom stereocenters. The summed E-state index contributed by atoms with van der Waals surface area (Å²) in [5.41, 5.74) is 0.387. The van der Waals surface area contributed by atoms with E-state index < -0.39 is 0 Å². The van der Waals surface area contributed by atoms with E-state index in [1.165, 1.54) is 25.7 Å². The van der Waals surface area contributed by atoms with Crippen molar-refractivity contribution in [3.63, 3.8) is 0 Å². The van der Waals surface area contributed by atoms with Gasteiger partial charge in [-0.3, -0.25) is 0 Å². The number of rotatable bonds is 0. The molecule has 53 valence electrons. The van der Waals surface area contributed by atoms with Gasteiger partial charge in [0.05, 0.1) is 0 Å².